The molecular formula is C14H25BrN4O. The van der Waals surface area contributed by atoms with Crippen LogP contribution in [0.15, 0.2) is 4.47 Å². The molecule has 0 radical (unpaired) electrons. The molecule has 1 fully saturated rings. The van der Waals surface area contributed by atoms with Gasteiger partial charge < -0.3 is 10.4 Å². The van der Waals surface area contributed by atoms with Gasteiger partial charge in [0, 0.05) is 32.2 Å². The van der Waals surface area contributed by atoms with E-state index in [1.807, 2.05) is 11.6 Å². The molecular weight excluding hydrogens is 320 g/mol. The third kappa shape index (κ3) is 3.81. The summed E-state index contributed by atoms with van der Waals surface area (Å²) in [5.74, 6) is 0. The molecule has 0 aliphatic carbocycles. The second-order valence-corrected chi connectivity index (χ2v) is 6.21. The smallest absolute Gasteiger partial charge is 0.0739 e. The highest BCUT2D eigenvalue weighted by atomic mass is 79.9. The fraction of sp³-hybridized carbons (Fsp3) is 0.786. The van der Waals surface area contributed by atoms with E-state index in [1.165, 1.54) is 18.5 Å². The van der Waals surface area contributed by atoms with Crippen molar-refractivity contribution in [3.8, 4) is 0 Å². The van der Waals surface area contributed by atoms with Gasteiger partial charge in [0.2, 0.25) is 0 Å². The summed E-state index contributed by atoms with van der Waals surface area (Å²) in [4.78, 5) is 2.32. The van der Waals surface area contributed by atoms with Gasteiger partial charge in [-0.15, -0.1) is 0 Å². The number of hydrogen-bond acceptors (Lipinski definition) is 4. The van der Waals surface area contributed by atoms with Gasteiger partial charge in [0.25, 0.3) is 0 Å². The number of rotatable bonds is 7. The number of aromatic nitrogens is 2. The number of aliphatic hydroxyl groups is 1. The third-order valence-corrected chi connectivity index (χ3v) is 4.91. The molecule has 20 heavy (non-hydrogen) atoms. The normalized spacial score (nSPS) is 19.1. The van der Waals surface area contributed by atoms with Crippen LogP contribution in [0.3, 0.4) is 0 Å². The SMILES string of the molecule is CCn1nc(C)c(Br)c1CN(CCO)CC1CCCN1. The maximum atomic E-state index is 9.29. The van der Waals surface area contributed by atoms with Crippen LogP contribution in [0.1, 0.15) is 31.2 Å². The van der Waals surface area contributed by atoms with Gasteiger partial charge in [0.05, 0.1) is 22.5 Å². The van der Waals surface area contributed by atoms with Crippen molar-refractivity contribution < 1.29 is 5.11 Å². The lowest BCUT2D eigenvalue weighted by atomic mass is 10.2. The first-order chi connectivity index (χ1) is 9.65. The molecule has 1 atom stereocenters. The van der Waals surface area contributed by atoms with Crippen molar-refractivity contribution in [1.82, 2.24) is 20.0 Å². The average Bonchev–Trinajstić information content (AvgIpc) is 3.02. The highest BCUT2D eigenvalue weighted by Crippen LogP contribution is 2.23. The number of aryl methyl sites for hydroxylation is 2. The molecule has 2 N–H and O–H groups in total. The monoisotopic (exact) mass is 344 g/mol. The van der Waals surface area contributed by atoms with Crippen LogP contribution >= 0.6 is 15.9 Å². The average molecular weight is 345 g/mol. The van der Waals surface area contributed by atoms with Crippen LogP contribution in [-0.4, -0.2) is 52.1 Å². The summed E-state index contributed by atoms with van der Waals surface area (Å²) in [7, 11) is 0. The lowest BCUT2D eigenvalue weighted by Gasteiger charge is -2.25. The van der Waals surface area contributed by atoms with Gasteiger partial charge in [-0.2, -0.15) is 5.10 Å². The van der Waals surface area contributed by atoms with E-state index in [1.54, 1.807) is 0 Å². The second kappa shape index (κ2) is 7.54. The van der Waals surface area contributed by atoms with Gasteiger partial charge >= 0.3 is 0 Å². The van der Waals surface area contributed by atoms with Gasteiger partial charge in [0.1, 0.15) is 0 Å². The van der Waals surface area contributed by atoms with Crippen molar-refractivity contribution in [2.24, 2.45) is 0 Å². The van der Waals surface area contributed by atoms with E-state index in [9.17, 15) is 5.11 Å². The van der Waals surface area contributed by atoms with Crippen molar-refractivity contribution in [3.05, 3.63) is 15.9 Å². The predicted octanol–water partition coefficient (Wildman–Crippen LogP) is 1.52. The summed E-state index contributed by atoms with van der Waals surface area (Å²) in [6.07, 6.45) is 2.49. The topological polar surface area (TPSA) is 53.3 Å². The summed E-state index contributed by atoms with van der Waals surface area (Å²) in [5, 5.41) is 17.4. The van der Waals surface area contributed by atoms with Crippen molar-refractivity contribution in [2.45, 2.75) is 45.8 Å². The number of hydrogen-bond donors (Lipinski definition) is 2. The van der Waals surface area contributed by atoms with E-state index < -0.39 is 0 Å². The van der Waals surface area contributed by atoms with Crippen molar-refractivity contribution in [1.29, 1.82) is 0 Å². The number of nitrogens with one attached hydrogen (secondary N) is 1. The Morgan fingerprint density at radius 3 is 2.95 bits per heavy atom. The Morgan fingerprint density at radius 2 is 2.35 bits per heavy atom. The van der Waals surface area contributed by atoms with E-state index in [2.05, 4.69) is 38.2 Å². The van der Waals surface area contributed by atoms with Crippen LogP contribution in [0.4, 0.5) is 0 Å². The van der Waals surface area contributed by atoms with Gasteiger partial charge in [-0.05, 0) is 49.2 Å². The first-order valence-electron chi connectivity index (χ1n) is 7.44. The maximum Gasteiger partial charge on any atom is 0.0739 e. The zero-order chi connectivity index (χ0) is 14.5. The van der Waals surface area contributed by atoms with Crippen LogP contribution in [0.25, 0.3) is 0 Å². The van der Waals surface area contributed by atoms with E-state index in [0.717, 1.165) is 36.3 Å². The largest absolute Gasteiger partial charge is 0.395 e. The predicted molar refractivity (Wildman–Crippen MR) is 83.7 cm³/mol. The Labute approximate surface area is 129 Å². The first kappa shape index (κ1) is 15.9. The Hall–Kier alpha value is -0.430. The highest BCUT2D eigenvalue weighted by molar-refractivity contribution is 9.10. The van der Waals surface area contributed by atoms with Crippen molar-refractivity contribution in [3.63, 3.8) is 0 Å². The summed E-state index contributed by atoms with van der Waals surface area (Å²) in [6.45, 7) is 8.84. The molecule has 0 amide bonds. The summed E-state index contributed by atoms with van der Waals surface area (Å²) < 4.78 is 3.15. The third-order valence-electron chi connectivity index (χ3n) is 3.88. The molecule has 6 heteroatoms. The molecule has 114 valence electrons. The summed E-state index contributed by atoms with van der Waals surface area (Å²) in [5.41, 5.74) is 2.24. The van der Waals surface area contributed by atoms with E-state index in [4.69, 9.17) is 0 Å². The fourth-order valence-corrected chi connectivity index (χ4v) is 3.24. The van der Waals surface area contributed by atoms with Crippen LogP contribution in [-0.2, 0) is 13.1 Å². The number of halogens is 1. The summed E-state index contributed by atoms with van der Waals surface area (Å²) >= 11 is 3.65. The molecule has 1 aromatic heterocycles. The zero-order valence-corrected chi connectivity index (χ0v) is 14.0. The maximum absolute atomic E-state index is 9.29. The highest BCUT2D eigenvalue weighted by Gasteiger charge is 2.20. The minimum Gasteiger partial charge on any atom is -0.395 e. The molecule has 1 unspecified atom stereocenters. The second-order valence-electron chi connectivity index (χ2n) is 5.41. The Morgan fingerprint density at radius 1 is 1.55 bits per heavy atom. The molecule has 0 bridgehead atoms. The lowest BCUT2D eigenvalue weighted by molar-refractivity contribution is 0.175. The first-order valence-corrected chi connectivity index (χ1v) is 8.23. The lowest BCUT2D eigenvalue weighted by Crippen LogP contribution is -2.39. The van der Waals surface area contributed by atoms with Gasteiger partial charge in [-0.1, -0.05) is 0 Å². The Balaban J connectivity index is 2.06. The Kier molecular flexibility index (Phi) is 6.01. The van der Waals surface area contributed by atoms with E-state index >= 15 is 0 Å². The number of nitrogens with zero attached hydrogens (tertiary/aromatic N) is 3. The molecule has 2 rings (SSSR count). The molecule has 0 aromatic carbocycles. The van der Waals surface area contributed by atoms with Crippen LogP contribution in [0.2, 0.25) is 0 Å². The van der Waals surface area contributed by atoms with Gasteiger partial charge in [-0.3, -0.25) is 9.58 Å². The summed E-state index contributed by atoms with van der Waals surface area (Å²) in [6, 6.07) is 0.555. The van der Waals surface area contributed by atoms with Crippen LogP contribution in [0.5, 0.6) is 0 Å². The fourth-order valence-electron chi connectivity index (χ4n) is 2.83. The molecule has 2 heterocycles. The van der Waals surface area contributed by atoms with E-state index in [-0.39, 0.29) is 6.61 Å². The van der Waals surface area contributed by atoms with Crippen molar-refractivity contribution in [2.75, 3.05) is 26.2 Å². The van der Waals surface area contributed by atoms with E-state index in [0.29, 0.717) is 12.6 Å². The quantitative estimate of drug-likeness (QED) is 0.787. The van der Waals surface area contributed by atoms with Gasteiger partial charge in [-0.25, -0.2) is 0 Å². The van der Waals surface area contributed by atoms with Crippen LogP contribution < -0.4 is 5.32 Å². The standard InChI is InChI=1S/C14H25BrN4O/c1-3-19-13(14(15)11(2)17-19)10-18(7-8-20)9-12-5-4-6-16-12/h12,16,20H,3-10H2,1-2H3. The molecule has 1 aromatic rings. The van der Waals surface area contributed by atoms with Crippen LogP contribution in [0, 0.1) is 6.92 Å². The Bertz CT molecular complexity index is 429. The van der Waals surface area contributed by atoms with Gasteiger partial charge in [0.15, 0.2) is 0 Å². The minimum atomic E-state index is 0.198. The van der Waals surface area contributed by atoms with Crippen molar-refractivity contribution >= 4 is 15.9 Å². The molecule has 1 aliphatic rings. The number of aliphatic hydroxyl groups excluding tert-OH is 1. The minimum absolute atomic E-state index is 0.198. The zero-order valence-electron chi connectivity index (χ0n) is 12.4. The molecule has 0 saturated carbocycles. The molecule has 5 nitrogen and oxygen atoms in total. The molecule has 1 saturated heterocycles. The molecule has 0 spiro atoms. The molecule has 1 aliphatic heterocycles.